The van der Waals surface area contributed by atoms with Gasteiger partial charge in [-0.25, -0.2) is 0 Å². The van der Waals surface area contributed by atoms with E-state index in [1.165, 1.54) is 0 Å². The number of hydrogen-bond donors (Lipinski definition) is 0. The zero-order valence-corrected chi connectivity index (χ0v) is 16.3. The van der Waals surface area contributed by atoms with Gasteiger partial charge in [0.05, 0.1) is 24.3 Å². The van der Waals surface area contributed by atoms with Crippen LogP contribution in [0.3, 0.4) is 0 Å². The highest BCUT2D eigenvalue weighted by molar-refractivity contribution is 6.21. The molecule has 2 fully saturated rings. The zero-order valence-electron chi connectivity index (χ0n) is 16.3. The Kier molecular flexibility index (Phi) is 5.62. The molecular formula is C21H25N3O5. The quantitative estimate of drug-likeness (QED) is 0.698. The van der Waals surface area contributed by atoms with Gasteiger partial charge in [-0.1, -0.05) is 12.1 Å². The highest BCUT2D eigenvalue weighted by Crippen LogP contribution is 2.24. The molecule has 8 heteroatoms. The third-order valence-electron chi connectivity index (χ3n) is 5.95. The number of amides is 4. The van der Waals surface area contributed by atoms with Crippen LogP contribution >= 0.6 is 0 Å². The molecule has 0 aliphatic carbocycles. The number of imide groups is 1. The largest absolute Gasteiger partial charge is 0.378 e. The molecule has 0 N–H and O–H groups in total. The monoisotopic (exact) mass is 399 g/mol. The van der Waals surface area contributed by atoms with Gasteiger partial charge in [0.2, 0.25) is 11.8 Å². The summed E-state index contributed by atoms with van der Waals surface area (Å²) in [6.07, 6.45) is 1.40. The van der Waals surface area contributed by atoms with E-state index in [1.54, 1.807) is 29.2 Å². The van der Waals surface area contributed by atoms with Crippen LogP contribution in [0.2, 0.25) is 0 Å². The number of piperidine rings is 1. The zero-order chi connectivity index (χ0) is 20.4. The molecule has 3 heterocycles. The van der Waals surface area contributed by atoms with Crippen molar-refractivity contribution in [1.29, 1.82) is 0 Å². The minimum atomic E-state index is -0.340. The minimum Gasteiger partial charge on any atom is -0.378 e. The second-order valence-electron chi connectivity index (χ2n) is 7.65. The Morgan fingerprint density at radius 1 is 0.897 bits per heavy atom. The molecule has 0 bridgehead atoms. The number of benzene rings is 1. The van der Waals surface area contributed by atoms with Crippen LogP contribution in [-0.4, -0.2) is 84.3 Å². The van der Waals surface area contributed by atoms with Gasteiger partial charge in [0.1, 0.15) is 0 Å². The summed E-state index contributed by atoms with van der Waals surface area (Å²) in [6, 6.07) is 6.71. The lowest BCUT2D eigenvalue weighted by atomic mass is 9.95. The lowest BCUT2D eigenvalue weighted by molar-refractivity contribution is -0.143. The molecule has 0 radical (unpaired) electrons. The molecule has 154 valence electrons. The van der Waals surface area contributed by atoms with Gasteiger partial charge in [-0.3, -0.25) is 24.1 Å². The molecular weight excluding hydrogens is 374 g/mol. The molecule has 0 aromatic heterocycles. The summed E-state index contributed by atoms with van der Waals surface area (Å²) in [5.41, 5.74) is 0.791. The summed E-state index contributed by atoms with van der Waals surface area (Å²) in [6.45, 7) is 3.58. The van der Waals surface area contributed by atoms with Crippen molar-refractivity contribution in [2.24, 2.45) is 5.92 Å². The molecule has 8 nitrogen and oxygen atoms in total. The van der Waals surface area contributed by atoms with E-state index >= 15 is 0 Å². The first-order valence-corrected chi connectivity index (χ1v) is 10.2. The average Bonchev–Trinajstić information content (AvgIpc) is 3.02. The summed E-state index contributed by atoms with van der Waals surface area (Å²) >= 11 is 0. The Morgan fingerprint density at radius 3 is 2.07 bits per heavy atom. The smallest absolute Gasteiger partial charge is 0.261 e. The van der Waals surface area contributed by atoms with Crippen molar-refractivity contribution in [2.45, 2.75) is 19.3 Å². The minimum absolute atomic E-state index is 0.0478. The SMILES string of the molecule is O=C(CCN1C(=O)c2ccccc2C1=O)N1CCC(C(=O)N2CCOCC2)CC1. The van der Waals surface area contributed by atoms with Crippen LogP contribution in [0.25, 0.3) is 0 Å². The van der Waals surface area contributed by atoms with Crippen molar-refractivity contribution in [3.63, 3.8) is 0 Å². The summed E-state index contributed by atoms with van der Waals surface area (Å²) < 4.78 is 5.29. The molecule has 29 heavy (non-hydrogen) atoms. The van der Waals surface area contributed by atoms with Gasteiger partial charge in [0.15, 0.2) is 0 Å². The normalized spacial score (nSPS) is 20.2. The third-order valence-corrected chi connectivity index (χ3v) is 5.95. The molecule has 1 aromatic rings. The van der Waals surface area contributed by atoms with E-state index in [4.69, 9.17) is 4.74 Å². The molecule has 0 atom stereocenters. The first kappa shape index (κ1) is 19.6. The summed E-state index contributed by atoms with van der Waals surface area (Å²) in [7, 11) is 0. The number of carbonyl (C=O) groups excluding carboxylic acids is 4. The Balaban J connectivity index is 1.26. The first-order valence-electron chi connectivity index (χ1n) is 10.2. The summed E-state index contributed by atoms with van der Waals surface area (Å²) in [5.74, 6) is -0.653. The maximum absolute atomic E-state index is 12.6. The third kappa shape index (κ3) is 3.89. The number of hydrogen-bond acceptors (Lipinski definition) is 5. The Morgan fingerprint density at radius 2 is 1.48 bits per heavy atom. The highest BCUT2D eigenvalue weighted by atomic mass is 16.5. The molecule has 2 saturated heterocycles. The lowest BCUT2D eigenvalue weighted by Gasteiger charge is -2.35. The van der Waals surface area contributed by atoms with E-state index in [2.05, 4.69) is 0 Å². The number of ether oxygens (including phenoxy) is 1. The molecule has 3 aliphatic rings. The van der Waals surface area contributed by atoms with Crippen LogP contribution in [0.4, 0.5) is 0 Å². The first-order chi connectivity index (χ1) is 14.1. The van der Waals surface area contributed by atoms with Crippen molar-refractivity contribution in [3.8, 4) is 0 Å². The van der Waals surface area contributed by atoms with Crippen LogP contribution in [0.15, 0.2) is 24.3 Å². The number of nitrogens with zero attached hydrogens (tertiary/aromatic N) is 3. The fraction of sp³-hybridized carbons (Fsp3) is 0.524. The van der Waals surface area contributed by atoms with Gasteiger partial charge >= 0.3 is 0 Å². The van der Waals surface area contributed by atoms with E-state index in [0.29, 0.717) is 63.4 Å². The van der Waals surface area contributed by atoms with Gasteiger partial charge in [-0.15, -0.1) is 0 Å². The molecule has 0 unspecified atom stereocenters. The second kappa shape index (κ2) is 8.32. The molecule has 3 aliphatic heterocycles. The van der Waals surface area contributed by atoms with E-state index < -0.39 is 0 Å². The number of fused-ring (bicyclic) bond motifs is 1. The Bertz CT molecular complexity index is 790. The average molecular weight is 399 g/mol. The lowest BCUT2D eigenvalue weighted by Crippen LogP contribution is -2.48. The van der Waals surface area contributed by atoms with E-state index in [1.807, 2.05) is 4.90 Å². The van der Waals surface area contributed by atoms with E-state index in [-0.39, 0.29) is 42.5 Å². The van der Waals surface area contributed by atoms with E-state index in [0.717, 1.165) is 4.90 Å². The number of likely N-dealkylation sites (tertiary alicyclic amines) is 1. The van der Waals surface area contributed by atoms with Gasteiger partial charge in [-0.05, 0) is 25.0 Å². The van der Waals surface area contributed by atoms with Crippen molar-refractivity contribution in [3.05, 3.63) is 35.4 Å². The predicted molar refractivity (Wildman–Crippen MR) is 103 cm³/mol. The van der Waals surface area contributed by atoms with E-state index in [9.17, 15) is 19.2 Å². The van der Waals surface area contributed by atoms with Gasteiger partial charge in [-0.2, -0.15) is 0 Å². The predicted octanol–water partition coefficient (Wildman–Crippen LogP) is 0.770. The Labute approximate surface area is 169 Å². The number of morpholine rings is 1. The number of rotatable bonds is 4. The molecule has 0 saturated carbocycles. The molecule has 4 amide bonds. The van der Waals surface area contributed by atoms with Crippen LogP contribution < -0.4 is 0 Å². The van der Waals surface area contributed by atoms with Crippen molar-refractivity contribution in [2.75, 3.05) is 45.9 Å². The van der Waals surface area contributed by atoms with Crippen molar-refractivity contribution >= 4 is 23.6 Å². The van der Waals surface area contributed by atoms with Crippen molar-refractivity contribution < 1.29 is 23.9 Å². The highest BCUT2D eigenvalue weighted by Gasteiger charge is 2.36. The molecule has 4 rings (SSSR count). The van der Waals surface area contributed by atoms with Gasteiger partial charge in [0, 0.05) is 45.1 Å². The van der Waals surface area contributed by atoms with Crippen LogP contribution in [0.1, 0.15) is 40.0 Å². The maximum atomic E-state index is 12.6. The van der Waals surface area contributed by atoms with Crippen LogP contribution in [-0.2, 0) is 14.3 Å². The van der Waals surface area contributed by atoms with Crippen LogP contribution in [0, 0.1) is 5.92 Å². The molecule has 1 aromatic carbocycles. The number of carbonyl (C=O) groups is 4. The standard InChI is InChI=1S/C21H25N3O5/c25-18(7-10-24-20(27)16-3-1-2-4-17(16)21(24)28)22-8-5-15(6-9-22)19(26)23-11-13-29-14-12-23/h1-4,15H,5-14H2. The fourth-order valence-electron chi connectivity index (χ4n) is 4.23. The van der Waals surface area contributed by atoms with Gasteiger partial charge < -0.3 is 14.5 Å². The molecule has 0 spiro atoms. The summed E-state index contributed by atoms with van der Waals surface area (Å²) in [4.78, 5) is 54.7. The van der Waals surface area contributed by atoms with Gasteiger partial charge in [0.25, 0.3) is 11.8 Å². The maximum Gasteiger partial charge on any atom is 0.261 e. The Hall–Kier alpha value is -2.74. The topological polar surface area (TPSA) is 87.2 Å². The summed E-state index contributed by atoms with van der Waals surface area (Å²) in [5, 5.41) is 0. The fourth-order valence-corrected chi connectivity index (χ4v) is 4.23. The van der Waals surface area contributed by atoms with Crippen molar-refractivity contribution in [1.82, 2.24) is 14.7 Å². The second-order valence-corrected chi connectivity index (χ2v) is 7.65. The van der Waals surface area contributed by atoms with Crippen LogP contribution in [0.5, 0.6) is 0 Å².